The summed E-state index contributed by atoms with van der Waals surface area (Å²) in [5, 5.41) is 0. The highest BCUT2D eigenvalue weighted by Gasteiger charge is 2.17. The predicted molar refractivity (Wildman–Crippen MR) is 288 cm³/mol. The van der Waals surface area contributed by atoms with Crippen LogP contribution in [0, 0.1) is 0 Å². The second kappa shape index (κ2) is 55.6. The molecule has 0 saturated heterocycles. The van der Waals surface area contributed by atoms with Crippen LogP contribution in [0.25, 0.3) is 0 Å². The molecule has 0 aromatic rings. The second-order valence-electron chi connectivity index (χ2n) is 17.4. The Morgan fingerprint density at radius 3 is 1.17 bits per heavy atom. The molecule has 5 nitrogen and oxygen atoms in total. The minimum Gasteiger partial charge on any atom is -0.462 e. The van der Waals surface area contributed by atoms with Crippen LogP contribution >= 0.6 is 0 Å². The molecule has 0 amide bonds. The first-order valence-corrected chi connectivity index (χ1v) is 27.1. The number of unbranched alkanes of at least 4 members (excludes halogenated alkanes) is 17. The van der Waals surface area contributed by atoms with E-state index < -0.39 is 6.10 Å². The van der Waals surface area contributed by atoms with Gasteiger partial charge in [0.1, 0.15) is 6.61 Å². The lowest BCUT2D eigenvalue weighted by molar-refractivity contribution is -0.162. The summed E-state index contributed by atoms with van der Waals surface area (Å²) in [6.07, 6.45) is 77.9. The third kappa shape index (κ3) is 52.9. The van der Waals surface area contributed by atoms with Gasteiger partial charge < -0.3 is 14.2 Å². The standard InChI is InChI=1S/C61H100O5/c1-4-7-10-13-16-19-22-25-27-29-31-32-34-37-39-42-45-48-51-54-60(62)65-58-59(66-61(63)55-52-49-46-43-40-36-24-21-18-15-12-9-6-3)57-64-56-53-50-47-44-41-38-35-33-30-28-26-23-20-17-14-11-8-5-2/h7-8,10-11,16-17,19-21,24-28,31-32,37,39,45,48,59H,4-6,9,12-15,18,22-23,29-30,33-36,38,40-44,46-47,49-58H2,1-3H3/b10-7-,11-8-,19-16-,20-17-,24-21-,27-25-,28-26-,32-31-,39-37-,48-45-. The summed E-state index contributed by atoms with van der Waals surface area (Å²) in [5.41, 5.74) is 0. The fourth-order valence-corrected chi connectivity index (χ4v) is 7.01. The molecule has 0 radical (unpaired) electrons. The molecule has 66 heavy (non-hydrogen) atoms. The highest BCUT2D eigenvalue weighted by molar-refractivity contribution is 5.70. The summed E-state index contributed by atoms with van der Waals surface area (Å²) in [5.74, 6) is -0.514. The molecule has 0 spiro atoms. The van der Waals surface area contributed by atoms with Crippen molar-refractivity contribution < 1.29 is 23.8 Å². The van der Waals surface area contributed by atoms with Gasteiger partial charge in [0, 0.05) is 19.4 Å². The van der Waals surface area contributed by atoms with E-state index in [0.717, 1.165) is 96.3 Å². The zero-order chi connectivity index (χ0) is 47.7. The summed E-state index contributed by atoms with van der Waals surface area (Å²) in [4.78, 5) is 25.4. The van der Waals surface area contributed by atoms with Crippen molar-refractivity contribution in [2.24, 2.45) is 0 Å². The maximum atomic E-state index is 12.8. The van der Waals surface area contributed by atoms with Crippen molar-refractivity contribution in [3.05, 3.63) is 122 Å². The number of esters is 2. The van der Waals surface area contributed by atoms with Gasteiger partial charge in [0.15, 0.2) is 6.10 Å². The van der Waals surface area contributed by atoms with Crippen LogP contribution in [0.4, 0.5) is 0 Å². The van der Waals surface area contributed by atoms with Gasteiger partial charge in [-0.1, -0.05) is 219 Å². The number of ether oxygens (including phenoxy) is 3. The quantitative estimate of drug-likeness (QED) is 0.0346. The van der Waals surface area contributed by atoms with Crippen molar-refractivity contribution in [3.8, 4) is 0 Å². The zero-order valence-electron chi connectivity index (χ0n) is 42.9. The molecule has 0 heterocycles. The summed E-state index contributed by atoms with van der Waals surface area (Å²) in [7, 11) is 0. The lowest BCUT2D eigenvalue weighted by Crippen LogP contribution is -2.30. The molecular weight excluding hydrogens is 813 g/mol. The minimum absolute atomic E-state index is 0.0320. The van der Waals surface area contributed by atoms with Gasteiger partial charge in [0.2, 0.25) is 0 Å². The molecule has 0 saturated carbocycles. The van der Waals surface area contributed by atoms with Crippen molar-refractivity contribution in [1.29, 1.82) is 0 Å². The van der Waals surface area contributed by atoms with Crippen LogP contribution in [0.15, 0.2) is 122 Å². The van der Waals surface area contributed by atoms with Gasteiger partial charge >= 0.3 is 11.9 Å². The second-order valence-corrected chi connectivity index (χ2v) is 17.4. The van der Waals surface area contributed by atoms with Crippen LogP contribution in [0.3, 0.4) is 0 Å². The van der Waals surface area contributed by atoms with Gasteiger partial charge in [0.25, 0.3) is 0 Å². The van der Waals surface area contributed by atoms with Crippen molar-refractivity contribution in [2.45, 2.75) is 232 Å². The molecule has 0 aliphatic heterocycles. The van der Waals surface area contributed by atoms with Crippen LogP contribution < -0.4 is 0 Å². The molecule has 5 heteroatoms. The Kier molecular flexibility index (Phi) is 52.5. The van der Waals surface area contributed by atoms with E-state index in [-0.39, 0.29) is 25.2 Å². The van der Waals surface area contributed by atoms with Gasteiger partial charge in [-0.05, 0) is 116 Å². The Balaban J connectivity index is 4.41. The van der Waals surface area contributed by atoms with Crippen LogP contribution in [0.5, 0.6) is 0 Å². The first-order chi connectivity index (χ1) is 32.6. The normalized spacial score (nSPS) is 13.2. The molecule has 0 rings (SSSR count). The van der Waals surface area contributed by atoms with Crippen LogP contribution in [0.1, 0.15) is 226 Å². The van der Waals surface area contributed by atoms with Gasteiger partial charge in [-0.2, -0.15) is 0 Å². The molecular formula is C61H100O5. The minimum atomic E-state index is -0.583. The van der Waals surface area contributed by atoms with E-state index in [1.165, 1.54) is 89.9 Å². The van der Waals surface area contributed by atoms with Crippen molar-refractivity contribution in [1.82, 2.24) is 0 Å². The first-order valence-electron chi connectivity index (χ1n) is 27.1. The van der Waals surface area contributed by atoms with Crippen LogP contribution in [-0.4, -0.2) is 37.9 Å². The largest absolute Gasteiger partial charge is 0.462 e. The Bertz CT molecular complexity index is 1350. The summed E-state index contributed by atoms with van der Waals surface area (Å²) in [6, 6.07) is 0. The molecule has 0 bridgehead atoms. The van der Waals surface area contributed by atoms with E-state index in [1.807, 2.05) is 6.08 Å². The Hall–Kier alpha value is -3.70. The van der Waals surface area contributed by atoms with Gasteiger partial charge in [-0.25, -0.2) is 0 Å². The van der Waals surface area contributed by atoms with Gasteiger partial charge in [-0.15, -0.1) is 0 Å². The van der Waals surface area contributed by atoms with E-state index in [1.54, 1.807) is 0 Å². The third-order valence-electron chi connectivity index (χ3n) is 11.0. The van der Waals surface area contributed by atoms with E-state index in [4.69, 9.17) is 14.2 Å². The number of hydrogen-bond acceptors (Lipinski definition) is 5. The molecule has 1 atom stereocenters. The van der Waals surface area contributed by atoms with Crippen molar-refractivity contribution >= 4 is 11.9 Å². The smallest absolute Gasteiger partial charge is 0.306 e. The average molecular weight is 913 g/mol. The SMILES string of the molecule is CC/C=C\C/C=C\C/C=C\C/C=C\C/C=C\C/C=C\CCC(=O)OCC(COCCCCCCCCCC/C=C\C/C=C\C/C=C\CC)OC(=O)CCCCCCC/C=C\CCCCCC. The highest BCUT2D eigenvalue weighted by atomic mass is 16.6. The molecule has 374 valence electrons. The van der Waals surface area contributed by atoms with E-state index in [2.05, 4.69) is 136 Å². The maximum Gasteiger partial charge on any atom is 0.306 e. The summed E-state index contributed by atoms with van der Waals surface area (Å²) < 4.78 is 17.3. The Morgan fingerprint density at radius 1 is 0.348 bits per heavy atom. The van der Waals surface area contributed by atoms with Gasteiger partial charge in [0.05, 0.1) is 6.61 Å². The van der Waals surface area contributed by atoms with Gasteiger partial charge in [-0.3, -0.25) is 9.59 Å². The molecule has 1 unspecified atom stereocenters. The average Bonchev–Trinajstić information content (AvgIpc) is 3.32. The molecule has 0 fully saturated rings. The molecule has 0 aliphatic carbocycles. The first kappa shape index (κ1) is 62.3. The predicted octanol–water partition coefficient (Wildman–Crippen LogP) is 18.6. The fraction of sp³-hybridized carbons (Fsp3) is 0.639. The van der Waals surface area contributed by atoms with E-state index in [0.29, 0.717) is 25.9 Å². The lowest BCUT2D eigenvalue weighted by Gasteiger charge is -2.18. The number of allylic oxidation sites excluding steroid dienone is 20. The molecule has 0 N–H and O–H groups in total. The van der Waals surface area contributed by atoms with Crippen molar-refractivity contribution in [3.63, 3.8) is 0 Å². The van der Waals surface area contributed by atoms with E-state index in [9.17, 15) is 9.59 Å². The highest BCUT2D eigenvalue weighted by Crippen LogP contribution is 2.13. The third-order valence-corrected chi connectivity index (χ3v) is 11.0. The number of hydrogen-bond donors (Lipinski definition) is 0. The molecule has 0 aromatic carbocycles. The lowest BCUT2D eigenvalue weighted by atomic mass is 10.1. The van der Waals surface area contributed by atoms with E-state index >= 15 is 0 Å². The number of rotatable bonds is 48. The Labute approximate surface area is 407 Å². The number of carbonyl (C=O) groups excluding carboxylic acids is 2. The van der Waals surface area contributed by atoms with Crippen molar-refractivity contribution in [2.75, 3.05) is 19.8 Å². The zero-order valence-corrected chi connectivity index (χ0v) is 42.9. The van der Waals surface area contributed by atoms with Crippen LogP contribution in [0.2, 0.25) is 0 Å². The topological polar surface area (TPSA) is 61.8 Å². The molecule has 0 aliphatic rings. The number of carbonyl (C=O) groups is 2. The Morgan fingerprint density at radius 2 is 0.712 bits per heavy atom. The maximum absolute atomic E-state index is 12.8. The fourth-order valence-electron chi connectivity index (χ4n) is 7.01. The molecule has 0 aromatic heterocycles. The summed E-state index contributed by atoms with van der Waals surface area (Å²) >= 11 is 0. The van der Waals surface area contributed by atoms with Crippen LogP contribution in [-0.2, 0) is 23.8 Å². The monoisotopic (exact) mass is 913 g/mol. The summed E-state index contributed by atoms with van der Waals surface area (Å²) in [6.45, 7) is 7.48.